The van der Waals surface area contributed by atoms with Crippen molar-refractivity contribution in [1.29, 1.82) is 10.7 Å². The number of fused-ring (bicyclic) bond motifs is 1. The number of urea groups is 1. The quantitative estimate of drug-likeness (QED) is 0.860. The number of nitrogens with zero attached hydrogens (tertiary/aromatic N) is 3. The van der Waals surface area contributed by atoms with Gasteiger partial charge in [-0.1, -0.05) is 0 Å². The van der Waals surface area contributed by atoms with Crippen LogP contribution in [0, 0.1) is 30.6 Å². The summed E-state index contributed by atoms with van der Waals surface area (Å²) in [6, 6.07) is 5.62. The molecule has 1 N–H and O–H groups in total. The van der Waals surface area contributed by atoms with Gasteiger partial charge in [0.25, 0.3) is 0 Å². The van der Waals surface area contributed by atoms with Crippen molar-refractivity contribution in [3.63, 3.8) is 0 Å². The molecule has 2 atom stereocenters. The smallest absolute Gasteiger partial charge is 0.314 e. The highest BCUT2D eigenvalue weighted by atomic mass is 16.2. The van der Waals surface area contributed by atoms with Crippen LogP contribution in [-0.4, -0.2) is 35.3 Å². The molecule has 0 aromatic heterocycles. The molecule has 21 heavy (non-hydrogen) atoms. The second-order valence-corrected chi connectivity index (χ2v) is 5.80. The van der Waals surface area contributed by atoms with Gasteiger partial charge in [-0.25, -0.2) is 4.79 Å². The first kappa shape index (κ1) is 13.6. The van der Waals surface area contributed by atoms with Crippen molar-refractivity contribution in [2.75, 3.05) is 11.4 Å². The summed E-state index contributed by atoms with van der Waals surface area (Å²) in [5.74, 6) is 0. The maximum Gasteiger partial charge on any atom is 0.325 e. The van der Waals surface area contributed by atoms with Gasteiger partial charge < -0.3 is 10.3 Å². The summed E-state index contributed by atoms with van der Waals surface area (Å²) in [6.45, 7) is 6.49. The molecule has 2 aliphatic heterocycles. The van der Waals surface area contributed by atoms with E-state index in [-0.39, 0.29) is 18.1 Å². The second-order valence-electron chi connectivity index (χ2n) is 5.80. The summed E-state index contributed by atoms with van der Waals surface area (Å²) in [4.78, 5) is 16.2. The van der Waals surface area contributed by atoms with E-state index in [4.69, 9.17) is 10.7 Å². The first-order chi connectivity index (χ1) is 9.97. The van der Waals surface area contributed by atoms with E-state index in [0.29, 0.717) is 24.2 Å². The summed E-state index contributed by atoms with van der Waals surface area (Å²) in [5, 5.41) is 17.1. The fourth-order valence-electron chi connectivity index (χ4n) is 3.45. The van der Waals surface area contributed by atoms with Crippen molar-refractivity contribution in [1.82, 2.24) is 4.90 Å². The topological polar surface area (TPSA) is 71.2 Å². The summed E-state index contributed by atoms with van der Waals surface area (Å²) in [7, 11) is 0. The van der Waals surface area contributed by atoms with Gasteiger partial charge in [0.2, 0.25) is 0 Å². The Morgan fingerprint density at radius 3 is 2.67 bits per heavy atom. The van der Waals surface area contributed by atoms with E-state index in [2.05, 4.69) is 6.07 Å². The molecule has 0 radical (unpaired) electrons. The van der Waals surface area contributed by atoms with Gasteiger partial charge >= 0.3 is 6.03 Å². The van der Waals surface area contributed by atoms with Crippen LogP contribution >= 0.6 is 0 Å². The van der Waals surface area contributed by atoms with Crippen molar-refractivity contribution in [3.05, 3.63) is 28.8 Å². The van der Waals surface area contributed by atoms with Crippen LogP contribution < -0.4 is 4.90 Å². The van der Waals surface area contributed by atoms with Crippen molar-refractivity contribution in [2.24, 2.45) is 0 Å². The molecule has 2 amide bonds. The summed E-state index contributed by atoms with van der Waals surface area (Å²) in [6.07, 6.45) is 0.681. The molecule has 2 aliphatic rings. The molecule has 2 saturated heterocycles. The maximum absolute atomic E-state index is 12.7. The Morgan fingerprint density at radius 1 is 1.33 bits per heavy atom. The molecule has 1 aromatic rings. The molecule has 0 aliphatic carbocycles. The predicted molar refractivity (Wildman–Crippen MR) is 80.8 cm³/mol. The molecule has 3 rings (SSSR count). The van der Waals surface area contributed by atoms with Crippen molar-refractivity contribution in [3.8, 4) is 6.07 Å². The molecule has 0 saturated carbocycles. The van der Waals surface area contributed by atoms with Gasteiger partial charge in [-0.15, -0.1) is 0 Å². The molecule has 0 bridgehead atoms. The van der Waals surface area contributed by atoms with Crippen LogP contribution in [0.5, 0.6) is 0 Å². The standard InChI is InChI=1S/C16H18N4O/c1-9-10(2)14(5-4-12(9)8-17)20-11(3)15-13(18)6-7-19(15)16(20)21/h4-5,11,15,18H,6-7H2,1-3H3/t11-,15+/m0/s1. The zero-order valence-corrected chi connectivity index (χ0v) is 12.5. The molecule has 5 heteroatoms. The number of amides is 2. The van der Waals surface area contributed by atoms with Crippen LogP contribution in [0.15, 0.2) is 12.1 Å². The number of hydrogen-bond acceptors (Lipinski definition) is 3. The Bertz CT molecular complexity index is 688. The molecule has 2 heterocycles. The van der Waals surface area contributed by atoms with Gasteiger partial charge in [0.15, 0.2) is 0 Å². The normalized spacial score (nSPS) is 24.5. The Balaban J connectivity index is 2.06. The second kappa shape index (κ2) is 4.59. The minimum Gasteiger partial charge on any atom is -0.314 e. The number of anilines is 1. The third kappa shape index (κ3) is 1.75. The molecular weight excluding hydrogens is 264 g/mol. The number of nitriles is 1. The third-order valence-electron chi connectivity index (χ3n) is 4.77. The Labute approximate surface area is 124 Å². The van der Waals surface area contributed by atoms with Crippen LogP contribution in [0.2, 0.25) is 0 Å². The predicted octanol–water partition coefficient (Wildman–Crippen LogP) is 2.60. The fourth-order valence-corrected chi connectivity index (χ4v) is 3.45. The lowest BCUT2D eigenvalue weighted by Crippen LogP contribution is -2.37. The van der Waals surface area contributed by atoms with Gasteiger partial charge in [-0.2, -0.15) is 5.26 Å². The number of rotatable bonds is 1. The van der Waals surface area contributed by atoms with Gasteiger partial charge in [0, 0.05) is 24.4 Å². The van der Waals surface area contributed by atoms with Crippen LogP contribution in [0.4, 0.5) is 10.5 Å². The van der Waals surface area contributed by atoms with E-state index in [0.717, 1.165) is 16.8 Å². The first-order valence-electron chi connectivity index (χ1n) is 7.14. The largest absolute Gasteiger partial charge is 0.325 e. The van der Waals surface area contributed by atoms with E-state index in [1.807, 2.05) is 26.8 Å². The Kier molecular flexibility index (Phi) is 2.98. The first-order valence-corrected chi connectivity index (χ1v) is 7.14. The Hall–Kier alpha value is -2.35. The van der Waals surface area contributed by atoms with Gasteiger partial charge in [0.1, 0.15) is 0 Å². The summed E-state index contributed by atoms with van der Waals surface area (Å²) in [5.41, 5.74) is 4.01. The molecule has 0 unspecified atom stereocenters. The maximum atomic E-state index is 12.7. The third-order valence-corrected chi connectivity index (χ3v) is 4.77. The van der Waals surface area contributed by atoms with Crippen LogP contribution in [0.3, 0.4) is 0 Å². The molecule has 1 aromatic carbocycles. The highest BCUT2D eigenvalue weighted by Crippen LogP contribution is 2.36. The number of carbonyl (C=O) groups excluding carboxylic acids is 1. The molecule has 108 valence electrons. The van der Waals surface area contributed by atoms with Gasteiger partial charge in [-0.3, -0.25) is 4.90 Å². The molecule has 0 spiro atoms. The average molecular weight is 282 g/mol. The summed E-state index contributed by atoms with van der Waals surface area (Å²) < 4.78 is 0. The Morgan fingerprint density at radius 2 is 2.05 bits per heavy atom. The van der Waals surface area contributed by atoms with E-state index in [1.165, 1.54) is 0 Å². The van der Waals surface area contributed by atoms with Gasteiger partial charge in [0.05, 0.1) is 23.7 Å². The van der Waals surface area contributed by atoms with Crippen LogP contribution in [-0.2, 0) is 0 Å². The SMILES string of the molecule is Cc1c(C#N)ccc(N2C(=O)N3CCC(=N)[C@H]3[C@@H]2C)c1C. The lowest BCUT2D eigenvalue weighted by atomic mass is 10.00. The van der Waals surface area contributed by atoms with Crippen LogP contribution in [0.25, 0.3) is 0 Å². The lowest BCUT2D eigenvalue weighted by molar-refractivity contribution is 0.221. The van der Waals surface area contributed by atoms with E-state index in [9.17, 15) is 4.79 Å². The number of carbonyl (C=O) groups is 1. The van der Waals surface area contributed by atoms with E-state index in [1.54, 1.807) is 15.9 Å². The zero-order chi connectivity index (χ0) is 15.3. The number of hydrogen-bond donors (Lipinski definition) is 1. The van der Waals surface area contributed by atoms with Crippen molar-refractivity contribution >= 4 is 17.4 Å². The molecule has 2 fully saturated rings. The zero-order valence-electron chi connectivity index (χ0n) is 12.5. The van der Waals surface area contributed by atoms with E-state index < -0.39 is 0 Å². The fraction of sp³-hybridized carbons (Fsp3) is 0.438. The monoisotopic (exact) mass is 282 g/mol. The lowest BCUT2D eigenvalue weighted by Gasteiger charge is -2.25. The average Bonchev–Trinajstić information content (AvgIpc) is 2.95. The van der Waals surface area contributed by atoms with Crippen molar-refractivity contribution in [2.45, 2.75) is 39.3 Å². The number of benzene rings is 1. The molecular formula is C16H18N4O. The summed E-state index contributed by atoms with van der Waals surface area (Å²) >= 11 is 0. The highest BCUT2D eigenvalue weighted by molar-refractivity contribution is 6.05. The van der Waals surface area contributed by atoms with Gasteiger partial charge in [-0.05, 0) is 44.0 Å². The minimum atomic E-state index is -0.104. The number of nitrogens with one attached hydrogen (secondary N) is 1. The van der Waals surface area contributed by atoms with Crippen molar-refractivity contribution < 1.29 is 4.79 Å². The minimum absolute atomic E-state index is 0.0260. The highest BCUT2D eigenvalue weighted by Gasteiger charge is 2.49. The van der Waals surface area contributed by atoms with Crippen LogP contribution in [0.1, 0.15) is 30.0 Å². The van der Waals surface area contributed by atoms with E-state index >= 15 is 0 Å². The molecule has 5 nitrogen and oxygen atoms in total.